The number of aryl methyl sites for hydroxylation is 1. The van der Waals surface area contributed by atoms with Gasteiger partial charge < -0.3 is 15.2 Å². The molecule has 5 heteroatoms. The van der Waals surface area contributed by atoms with Crippen LogP contribution in [0.25, 0.3) is 0 Å². The fourth-order valence-electron chi connectivity index (χ4n) is 1.73. The zero-order chi connectivity index (χ0) is 12.1. The molecule has 0 bridgehead atoms. The standard InChI is InChI=1S/C12H20N4O/c1-16-9-8-14-11(16)4-5-13-6-7-15-12(17)10-2-3-10/h8-10,13H,2-7H2,1H3,(H,15,17). The molecule has 1 aliphatic rings. The van der Waals surface area contributed by atoms with Crippen LogP contribution in [-0.4, -0.2) is 35.1 Å². The van der Waals surface area contributed by atoms with Crippen LogP contribution in [0, 0.1) is 5.92 Å². The highest BCUT2D eigenvalue weighted by Gasteiger charge is 2.28. The Hall–Kier alpha value is -1.36. The SMILES string of the molecule is Cn1ccnc1CCNCCNC(=O)C1CC1. The highest BCUT2D eigenvalue weighted by atomic mass is 16.2. The lowest BCUT2D eigenvalue weighted by molar-refractivity contribution is -0.122. The second-order valence-electron chi connectivity index (χ2n) is 4.52. The summed E-state index contributed by atoms with van der Waals surface area (Å²) in [7, 11) is 2.00. The number of imidazole rings is 1. The molecular formula is C12H20N4O. The molecule has 94 valence electrons. The van der Waals surface area contributed by atoms with E-state index in [9.17, 15) is 4.79 Å². The molecular weight excluding hydrogens is 216 g/mol. The van der Waals surface area contributed by atoms with Gasteiger partial charge in [-0.05, 0) is 12.8 Å². The van der Waals surface area contributed by atoms with Crippen LogP contribution in [0.4, 0.5) is 0 Å². The Bertz CT molecular complexity index is 370. The summed E-state index contributed by atoms with van der Waals surface area (Å²) < 4.78 is 2.02. The van der Waals surface area contributed by atoms with Crippen LogP contribution in [0.1, 0.15) is 18.7 Å². The Morgan fingerprint density at radius 3 is 2.94 bits per heavy atom. The molecule has 1 aromatic rings. The number of carbonyl (C=O) groups excluding carboxylic acids is 1. The first-order valence-electron chi connectivity index (χ1n) is 6.22. The van der Waals surface area contributed by atoms with Crippen molar-refractivity contribution in [3.05, 3.63) is 18.2 Å². The topological polar surface area (TPSA) is 59.0 Å². The quantitative estimate of drug-likeness (QED) is 0.659. The molecule has 0 aromatic carbocycles. The van der Waals surface area contributed by atoms with Crippen molar-refractivity contribution >= 4 is 5.91 Å². The van der Waals surface area contributed by atoms with Gasteiger partial charge in [-0.15, -0.1) is 0 Å². The molecule has 17 heavy (non-hydrogen) atoms. The van der Waals surface area contributed by atoms with Gasteiger partial charge in [0.25, 0.3) is 0 Å². The second kappa shape index (κ2) is 5.82. The Kier molecular flexibility index (Phi) is 4.14. The fourth-order valence-corrected chi connectivity index (χ4v) is 1.73. The minimum atomic E-state index is 0.218. The average Bonchev–Trinajstić information content (AvgIpc) is 3.09. The van der Waals surface area contributed by atoms with E-state index in [0.29, 0.717) is 5.92 Å². The molecule has 1 saturated carbocycles. The van der Waals surface area contributed by atoms with Gasteiger partial charge in [0.05, 0.1) is 0 Å². The molecule has 0 radical (unpaired) electrons. The van der Waals surface area contributed by atoms with E-state index in [1.807, 2.05) is 24.0 Å². The molecule has 2 rings (SSSR count). The van der Waals surface area contributed by atoms with E-state index in [1.165, 1.54) is 0 Å². The largest absolute Gasteiger partial charge is 0.355 e. The van der Waals surface area contributed by atoms with Gasteiger partial charge in [0.2, 0.25) is 5.91 Å². The molecule has 0 saturated heterocycles. The molecule has 1 fully saturated rings. The van der Waals surface area contributed by atoms with Gasteiger partial charge in [0.15, 0.2) is 0 Å². The highest BCUT2D eigenvalue weighted by molar-refractivity contribution is 5.80. The second-order valence-corrected chi connectivity index (χ2v) is 4.52. The maximum absolute atomic E-state index is 11.3. The number of carbonyl (C=O) groups is 1. The normalized spacial score (nSPS) is 14.9. The van der Waals surface area contributed by atoms with E-state index in [-0.39, 0.29) is 5.91 Å². The number of amides is 1. The van der Waals surface area contributed by atoms with Crippen LogP contribution in [0.3, 0.4) is 0 Å². The Morgan fingerprint density at radius 2 is 2.29 bits per heavy atom. The molecule has 0 atom stereocenters. The molecule has 1 amide bonds. The number of aromatic nitrogens is 2. The van der Waals surface area contributed by atoms with Crippen LogP contribution >= 0.6 is 0 Å². The summed E-state index contributed by atoms with van der Waals surface area (Å²) >= 11 is 0. The monoisotopic (exact) mass is 236 g/mol. The molecule has 5 nitrogen and oxygen atoms in total. The van der Waals surface area contributed by atoms with E-state index >= 15 is 0 Å². The summed E-state index contributed by atoms with van der Waals surface area (Å²) in [6.07, 6.45) is 6.81. The third kappa shape index (κ3) is 3.85. The van der Waals surface area contributed by atoms with Crippen molar-refractivity contribution in [3.8, 4) is 0 Å². The fraction of sp³-hybridized carbons (Fsp3) is 0.667. The summed E-state index contributed by atoms with van der Waals surface area (Å²) in [6.45, 7) is 2.43. The lowest BCUT2D eigenvalue weighted by Crippen LogP contribution is -2.33. The number of rotatable bonds is 7. The van der Waals surface area contributed by atoms with Crippen LogP contribution in [0.15, 0.2) is 12.4 Å². The van der Waals surface area contributed by atoms with E-state index in [0.717, 1.165) is 44.7 Å². The molecule has 2 N–H and O–H groups in total. The smallest absolute Gasteiger partial charge is 0.223 e. The van der Waals surface area contributed by atoms with E-state index in [4.69, 9.17) is 0 Å². The summed E-state index contributed by atoms with van der Waals surface area (Å²) in [5.74, 6) is 1.61. The van der Waals surface area contributed by atoms with E-state index in [1.54, 1.807) is 0 Å². The maximum atomic E-state index is 11.3. The summed E-state index contributed by atoms with van der Waals surface area (Å²) in [6, 6.07) is 0. The Morgan fingerprint density at radius 1 is 1.47 bits per heavy atom. The summed E-state index contributed by atoms with van der Waals surface area (Å²) in [4.78, 5) is 15.6. The van der Waals surface area contributed by atoms with Gasteiger partial charge in [-0.3, -0.25) is 4.79 Å². The molecule has 1 heterocycles. The summed E-state index contributed by atoms with van der Waals surface area (Å²) in [5, 5.41) is 6.22. The highest BCUT2D eigenvalue weighted by Crippen LogP contribution is 2.28. The minimum Gasteiger partial charge on any atom is -0.355 e. The number of hydrogen-bond donors (Lipinski definition) is 2. The minimum absolute atomic E-state index is 0.218. The molecule has 0 unspecified atom stereocenters. The molecule has 0 spiro atoms. The third-order valence-electron chi connectivity index (χ3n) is 3.00. The first-order chi connectivity index (χ1) is 8.27. The summed E-state index contributed by atoms with van der Waals surface area (Å²) in [5.41, 5.74) is 0. The van der Waals surface area contributed by atoms with Gasteiger partial charge in [0.1, 0.15) is 5.82 Å². The number of nitrogens with zero attached hydrogens (tertiary/aromatic N) is 2. The van der Waals surface area contributed by atoms with Crippen LogP contribution in [-0.2, 0) is 18.3 Å². The van der Waals surface area contributed by atoms with Crippen molar-refractivity contribution in [1.82, 2.24) is 20.2 Å². The van der Waals surface area contributed by atoms with Gasteiger partial charge in [-0.25, -0.2) is 4.98 Å². The Labute approximate surface area is 102 Å². The van der Waals surface area contributed by atoms with E-state index < -0.39 is 0 Å². The van der Waals surface area contributed by atoms with Gasteiger partial charge in [-0.2, -0.15) is 0 Å². The Balaban J connectivity index is 1.49. The average molecular weight is 236 g/mol. The van der Waals surface area contributed by atoms with E-state index in [2.05, 4.69) is 15.6 Å². The van der Waals surface area contributed by atoms with Crippen LogP contribution in [0.5, 0.6) is 0 Å². The number of nitrogens with one attached hydrogen (secondary N) is 2. The molecule has 0 aliphatic heterocycles. The van der Waals surface area contributed by atoms with Crippen molar-refractivity contribution in [2.75, 3.05) is 19.6 Å². The predicted molar refractivity (Wildman–Crippen MR) is 65.5 cm³/mol. The van der Waals surface area contributed by atoms with Crippen LogP contribution < -0.4 is 10.6 Å². The van der Waals surface area contributed by atoms with Crippen molar-refractivity contribution in [1.29, 1.82) is 0 Å². The van der Waals surface area contributed by atoms with Gasteiger partial charge in [-0.1, -0.05) is 0 Å². The third-order valence-corrected chi connectivity index (χ3v) is 3.00. The van der Waals surface area contributed by atoms with Crippen molar-refractivity contribution in [3.63, 3.8) is 0 Å². The van der Waals surface area contributed by atoms with Crippen molar-refractivity contribution in [2.24, 2.45) is 13.0 Å². The van der Waals surface area contributed by atoms with Gasteiger partial charge >= 0.3 is 0 Å². The maximum Gasteiger partial charge on any atom is 0.223 e. The molecule has 1 aliphatic carbocycles. The van der Waals surface area contributed by atoms with Crippen molar-refractivity contribution < 1.29 is 4.79 Å². The zero-order valence-corrected chi connectivity index (χ0v) is 10.3. The lowest BCUT2D eigenvalue weighted by Gasteiger charge is -2.06. The first kappa shape index (κ1) is 12.1. The van der Waals surface area contributed by atoms with Gasteiger partial charge in [0, 0.05) is 51.4 Å². The lowest BCUT2D eigenvalue weighted by atomic mass is 10.4. The predicted octanol–water partition coefficient (Wildman–Crippen LogP) is 0.0784. The first-order valence-corrected chi connectivity index (χ1v) is 6.22. The molecule has 1 aromatic heterocycles. The van der Waals surface area contributed by atoms with Crippen molar-refractivity contribution in [2.45, 2.75) is 19.3 Å². The van der Waals surface area contributed by atoms with Crippen LogP contribution in [0.2, 0.25) is 0 Å². The number of hydrogen-bond acceptors (Lipinski definition) is 3. The zero-order valence-electron chi connectivity index (χ0n) is 10.3.